The first-order valence-electron chi connectivity index (χ1n) is 16.2. The lowest BCUT2D eigenvalue weighted by molar-refractivity contribution is -0.0270. The van der Waals surface area contributed by atoms with Crippen molar-refractivity contribution in [3.8, 4) is 0 Å². The van der Waals surface area contributed by atoms with Gasteiger partial charge in [0.2, 0.25) is 0 Å². The van der Waals surface area contributed by atoms with E-state index >= 15 is 0 Å². The first-order valence-corrected chi connectivity index (χ1v) is 17.6. The van der Waals surface area contributed by atoms with Crippen molar-refractivity contribution in [1.82, 2.24) is 0 Å². The maximum absolute atomic E-state index is 12.1. The topological polar surface area (TPSA) is 136 Å². The smallest absolute Gasteiger partial charge is 0.297 e. The minimum Gasteiger partial charge on any atom is -0.379 e. The molecule has 270 valence electrons. The Bertz CT molecular complexity index is 887. The van der Waals surface area contributed by atoms with Crippen LogP contribution in [0.5, 0.6) is 0 Å². The van der Waals surface area contributed by atoms with Crippen molar-refractivity contribution < 1.29 is 60.0 Å². The summed E-state index contributed by atoms with van der Waals surface area (Å²) in [5.74, 6) is 0.590. The molecule has 1 atom stereocenters. The third-order valence-electron chi connectivity index (χ3n) is 6.22. The molecule has 14 heteroatoms. The van der Waals surface area contributed by atoms with Crippen LogP contribution in [0.4, 0.5) is 0 Å². The monoisotopic (exact) mass is 682 g/mol. The molecule has 0 aromatic heterocycles. The fraction of sp³-hybridized carbons (Fsp3) is 0.812. The van der Waals surface area contributed by atoms with Crippen LogP contribution in [-0.4, -0.2) is 147 Å². The van der Waals surface area contributed by atoms with Gasteiger partial charge in [0.05, 0.1) is 137 Å². The summed E-state index contributed by atoms with van der Waals surface area (Å²) in [5.41, 5.74) is 0.976. The summed E-state index contributed by atoms with van der Waals surface area (Å²) in [6.45, 7) is 15.9. The van der Waals surface area contributed by atoms with E-state index in [0.717, 1.165) is 18.6 Å². The van der Waals surface area contributed by atoms with E-state index in [0.29, 0.717) is 125 Å². The highest BCUT2D eigenvalue weighted by Crippen LogP contribution is 2.12. The van der Waals surface area contributed by atoms with Crippen LogP contribution in [0.15, 0.2) is 29.2 Å². The molecule has 1 aromatic rings. The maximum Gasteiger partial charge on any atom is 0.297 e. The van der Waals surface area contributed by atoms with Crippen LogP contribution in [0, 0.1) is 12.8 Å². The fourth-order valence-electron chi connectivity index (χ4n) is 3.36. The Kier molecular flexibility index (Phi) is 28.8. The summed E-state index contributed by atoms with van der Waals surface area (Å²) >= 11 is 0. The van der Waals surface area contributed by atoms with E-state index in [1.165, 1.54) is 12.1 Å². The van der Waals surface area contributed by atoms with Crippen LogP contribution >= 0.6 is 0 Å². The van der Waals surface area contributed by atoms with Gasteiger partial charge in [-0.05, 0) is 25.0 Å². The molecule has 0 saturated carbocycles. The highest BCUT2D eigenvalue weighted by molar-refractivity contribution is 7.86. The van der Waals surface area contributed by atoms with E-state index in [1.54, 1.807) is 12.1 Å². The maximum atomic E-state index is 12.1. The molecule has 0 radical (unpaired) electrons. The zero-order valence-electron chi connectivity index (χ0n) is 28.2. The van der Waals surface area contributed by atoms with Crippen LogP contribution < -0.4 is 0 Å². The van der Waals surface area contributed by atoms with Crippen molar-refractivity contribution in [3.63, 3.8) is 0 Å². The Morgan fingerprint density at radius 3 is 1.07 bits per heavy atom. The van der Waals surface area contributed by atoms with Crippen LogP contribution in [0.3, 0.4) is 0 Å². The average molecular weight is 683 g/mol. The molecule has 13 nitrogen and oxygen atoms in total. The molecular formula is C32H58O13S. The first-order chi connectivity index (χ1) is 22.5. The highest BCUT2D eigenvalue weighted by atomic mass is 32.2. The van der Waals surface area contributed by atoms with Crippen molar-refractivity contribution in [2.75, 3.05) is 139 Å². The molecule has 0 N–H and O–H groups in total. The lowest BCUT2D eigenvalue weighted by Crippen LogP contribution is -2.16. The predicted molar refractivity (Wildman–Crippen MR) is 172 cm³/mol. The largest absolute Gasteiger partial charge is 0.379 e. The minimum atomic E-state index is -3.77. The molecule has 0 bridgehead atoms. The summed E-state index contributed by atoms with van der Waals surface area (Å²) in [7, 11) is -3.77. The van der Waals surface area contributed by atoms with Crippen LogP contribution in [0.1, 0.15) is 25.8 Å². The molecule has 0 aliphatic carbocycles. The van der Waals surface area contributed by atoms with Gasteiger partial charge in [-0.2, -0.15) is 8.42 Å². The third kappa shape index (κ3) is 26.8. The molecule has 1 rings (SSSR count). The molecular weight excluding hydrogens is 624 g/mol. The van der Waals surface area contributed by atoms with Crippen molar-refractivity contribution in [2.24, 2.45) is 5.92 Å². The summed E-state index contributed by atoms with van der Waals surface area (Å²) in [5, 5.41) is 0. The van der Waals surface area contributed by atoms with Crippen molar-refractivity contribution in [1.29, 1.82) is 0 Å². The fourth-order valence-corrected chi connectivity index (χ4v) is 4.25. The molecule has 0 aliphatic rings. The second kappa shape index (κ2) is 31.0. The van der Waals surface area contributed by atoms with Gasteiger partial charge < -0.3 is 47.4 Å². The van der Waals surface area contributed by atoms with E-state index in [2.05, 4.69) is 13.8 Å². The number of hydrogen-bond donors (Lipinski definition) is 0. The molecule has 0 aliphatic heterocycles. The SMILES string of the molecule is CCC(C)COCCOCCOCCOCCOCCOCCOCCOCCOCCOCCOS(=O)(=O)c1ccc(C)cc1. The zero-order chi connectivity index (χ0) is 33.4. The van der Waals surface area contributed by atoms with Gasteiger partial charge in [-0.3, -0.25) is 4.18 Å². The molecule has 1 unspecified atom stereocenters. The minimum absolute atomic E-state index is 0.0572. The zero-order valence-corrected chi connectivity index (χ0v) is 29.0. The second-order valence-electron chi connectivity index (χ2n) is 10.2. The number of ether oxygens (including phenoxy) is 10. The molecule has 0 fully saturated rings. The number of aryl methyl sites for hydroxylation is 1. The van der Waals surface area contributed by atoms with Gasteiger partial charge >= 0.3 is 0 Å². The van der Waals surface area contributed by atoms with Crippen LogP contribution in [0.25, 0.3) is 0 Å². The molecule has 0 heterocycles. The van der Waals surface area contributed by atoms with Gasteiger partial charge in [-0.15, -0.1) is 0 Å². The lowest BCUT2D eigenvalue weighted by atomic mass is 10.1. The molecule has 46 heavy (non-hydrogen) atoms. The van der Waals surface area contributed by atoms with E-state index in [1.807, 2.05) is 6.92 Å². The lowest BCUT2D eigenvalue weighted by Gasteiger charge is -2.10. The van der Waals surface area contributed by atoms with E-state index in [4.69, 9.17) is 51.6 Å². The van der Waals surface area contributed by atoms with Gasteiger partial charge in [0.25, 0.3) is 10.1 Å². The Balaban J connectivity index is 1.69. The molecule has 0 amide bonds. The Morgan fingerprint density at radius 1 is 0.478 bits per heavy atom. The normalized spacial score (nSPS) is 12.6. The van der Waals surface area contributed by atoms with Crippen LogP contribution in [0.2, 0.25) is 0 Å². The third-order valence-corrected chi connectivity index (χ3v) is 7.55. The highest BCUT2D eigenvalue weighted by Gasteiger charge is 2.14. The molecule has 1 aromatic carbocycles. The van der Waals surface area contributed by atoms with Gasteiger partial charge in [0.15, 0.2) is 0 Å². The van der Waals surface area contributed by atoms with Gasteiger partial charge in [-0.1, -0.05) is 38.0 Å². The van der Waals surface area contributed by atoms with Gasteiger partial charge in [0, 0.05) is 6.61 Å². The van der Waals surface area contributed by atoms with Crippen molar-refractivity contribution >= 4 is 10.1 Å². The van der Waals surface area contributed by atoms with E-state index in [-0.39, 0.29) is 18.1 Å². The van der Waals surface area contributed by atoms with Gasteiger partial charge in [-0.25, -0.2) is 0 Å². The Morgan fingerprint density at radius 2 is 0.761 bits per heavy atom. The molecule has 0 saturated heterocycles. The average Bonchev–Trinajstić information content (AvgIpc) is 3.05. The first kappa shape index (κ1) is 42.8. The number of benzene rings is 1. The summed E-state index contributed by atoms with van der Waals surface area (Å²) in [6, 6.07) is 6.49. The van der Waals surface area contributed by atoms with Crippen LogP contribution in [-0.2, 0) is 61.7 Å². The van der Waals surface area contributed by atoms with Crippen molar-refractivity contribution in [2.45, 2.75) is 32.1 Å². The Labute approximate surface area is 276 Å². The molecule has 0 spiro atoms. The summed E-state index contributed by atoms with van der Waals surface area (Å²) < 4.78 is 83.6. The quantitative estimate of drug-likeness (QED) is 0.0768. The number of hydrogen-bond acceptors (Lipinski definition) is 13. The standard InChI is InChI=1S/C32H58O13S/c1-4-30(2)29-44-26-25-42-22-21-40-18-17-38-14-13-36-10-9-35-11-12-37-15-16-39-19-20-41-23-24-43-27-28-45-46(33,34)32-7-5-31(3)6-8-32/h5-8,30H,4,9-29H2,1-3H3. The van der Waals surface area contributed by atoms with E-state index < -0.39 is 10.1 Å². The van der Waals surface area contributed by atoms with Gasteiger partial charge in [0.1, 0.15) is 0 Å². The van der Waals surface area contributed by atoms with Crippen molar-refractivity contribution in [3.05, 3.63) is 29.8 Å². The second-order valence-corrected chi connectivity index (χ2v) is 11.8. The summed E-state index contributed by atoms with van der Waals surface area (Å²) in [6.07, 6.45) is 1.13. The predicted octanol–water partition coefficient (Wildman–Crippen LogP) is 2.91. The Hall–Kier alpha value is -1.27. The van der Waals surface area contributed by atoms with E-state index in [9.17, 15) is 8.42 Å². The summed E-state index contributed by atoms with van der Waals surface area (Å²) in [4.78, 5) is 0.130. The number of rotatable bonds is 35.